The van der Waals surface area contributed by atoms with Gasteiger partial charge in [0.25, 0.3) is 0 Å². The molecule has 5 heteroatoms. The van der Waals surface area contributed by atoms with Gasteiger partial charge >= 0.3 is 0 Å². The quantitative estimate of drug-likeness (QED) is 0.779. The third-order valence-corrected chi connectivity index (χ3v) is 3.67. The molecule has 1 heterocycles. The number of hydrogen-bond acceptors (Lipinski definition) is 3. The molecule has 0 amide bonds. The fourth-order valence-electron chi connectivity index (χ4n) is 1.42. The molecule has 16 heavy (non-hydrogen) atoms. The number of thiocarbonyl (C=S) groups is 1. The van der Waals surface area contributed by atoms with Crippen molar-refractivity contribution >= 4 is 34.2 Å². The highest BCUT2D eigenvalue weighted by atomic mass is 32.2. The van der Waals surface area contributed by atoms with E-state index < -0.39 is 0 Å². The Hall–Kier alpha value is -1.07. The zero-order valence-electron chi connectivity index (χ0n) is 8.60. The van der Waals surface area contributed by atoms with Crippen LogP contribution in [0.2, 0.25) is 0 Å². The van der Waals surface area contributed by atoms with Crippen LogP contribution in [0.5, 0.6) is 0 Å². The standard InChI is InChI=1S/C11H12N2OS2/c14-10(8-4-2-1-3-5-8)16-9-6-12-11(15)13-7-9/h1-5,9H,6-7H2,(H2,12,13,15). The van der Waals surface area contributed by atoms with E-state index in [1.54, 1.807) is 0 Å². The Kier molecular flexibility index (Phi) is 3.79. The lowest BCUT2D eigenvalue weighted by Gasteiger charge is -2.24. The molecule has 2 N–H and O–H groups in total. The summed E-state index contributed by atoms with van der Waals surface area (Å²) in [6.45, 7) is 1.49. The van der Waals surface area contributed by atoms with Gasteiger partial charge in [-0.15, -0.1) is 0 Å². The second-order valence-corrected chi connectivity index (χ2v) is 5.17. The van der Waals surface area contributed by atoms with E-state index in [2.05, 4.69) is 10.6 Å². The molecule has 0 radical (unpaired) electrons. The monoisotopic (exact) mass is 252 g/mol. The smallest absolute Gasteiger partial charge is 0.219 e. The van der Waals surface area contributed by atoms with Crippen molar-refractivity contribution in [2.75, 3.05) is 13.1 Å². The molecule has 1 fully saturated rings. The molecule has 1 aromatic rings. The highest BCUT2D eigenvalue weighted by Crippen LogP contribution is 2.18. The molecule has 0 bridgehead atoms. The zero-order chi connectivity index (χ0) is 11.4. The van der Waals surface area contributed by atoms with Crippen molar-refractivity contribution in [3.05, 3.63) is 35.9 Å². The Morgan fingerprint density at radius 3 is 2.50 bits per heavy atom. The molecule has 1 aliphatic rings. The van der Waals surface area contributed by atoms with E-state index >= 15 is 0 Å². The summed E-state index contributed by atoms with van der Waals surface area (Å²) in [5, 5.41) is 7.09. The van der Waals surface area contributed by atoms with Crippen molar-refractivity contribution in [1.29, 1.82) is 0 Å². The Morgan fingerprint density at radius 2 is 1.88 bits per heavy atom. The number of carbonyl (C=O) groups is 1. The largest absolute Gasteiger partial charge is 0.362 e. The average molecular weight is 252 g/mol. The lowest BCUT2D eigenvalue weighted by Crippen LogP contribution is -2.49. The molecule has 0 spiro atoms. The summed E-state index contributed by atoms with van der Waals surface area (Å²) in [4.78, 5) is 11.9. The summed E-state index contributed by atoms with van der Waals surface area (Å²) in [6, 6.07) is 9.33. The molecule has 0 aliphatic carbocycles. The first-order chi connectivity index (χ1) is 7.75. The van der Waals surface area contributed by atoms with Crippen molar-refractivity contribution in [1.82, 2.24) is 10.6 Å². The van der Waals surface area contributed by atoms with Gasteiger partial charge < -0.3 is 10.6 Å². The lowest BCUT2D eigenvalue weighted by molar-refractivity contribution is 0.108. The number of rotatable bonds is 2. The van der Waals surface area contributed by atoms with E-state index in [0.717, 1.165) is 18.7 Å². The maximum atomic E-state index is 11.9. The average Bonchev–Trinajstić information content (AvgIpc) is 2.33. The van der Waals surface area contributed by atoms with Crippen molar-refractivity contribution in [2.24, 2.45) is 0 Å². The molecular weight excluding hydrogens is 240 g/mol. The van der Waals surface area contributed by atoms with Crippen molar-refractivity contribution in [3.63, 3.8) is 0 Å². The Bertz CT molecular complexity index is 384. The van der Waals surface area contributed by atoms with Gasteiger partial charge in [-0.3, -0.25) is 4.79 Å². The summed E-state index contributed by atoms with van der Waals surface area (Å²) in [5.41, 5.74) is 0.751. The topological polar surface area (TPSA) is 41.1 Å². The van der Waals surface area contributed by atoms with Crippen LogP contribution in [-0.4, -0.2) is 28.6 Å². The van der Waals surface area contributed by atoms with Gasteiger partial charge in [0.2, 0.25) is 5.12 Å². The Morgan fingerprint density at radius 1 is 1.25 bits per heavy atom. The molecule has 0 unspecified atom stereocenters. The van der Waals surface area contributed by atoms with Gasteiger partial charge in [0.05, 0.1) is 0 Å². The van der Waals surface area contributed by atoms with E-state index in [4.69, 9.17) is 12.2 Å². The predicted octanol–water partition coefficient (Wildman–Crippen LogP) is 1.41. The van der Waals surface area contributed by atoms with Crippen LogP contribution in [0.25, 0.3) is 0 Å². The summed E-state index contributed by atoms with van der Waals surface area (Å²) in [5.74, 6) is 0. The fraction of sp³-hybridized carbons (Fsp3) is 0.273. The van der Waals surface area contributed by atoms with Gasteiger partial charge in [0.1, 0.15) is 0 Å². The molecule has 1 saturated heterocycles. The second-order valence-electron chi connectivity index (χ2n) is 3.48. The van der Waals surface area contributed by atoms with Gasteiger partial charge in [0.15, 0.2) is 5.11 Å². The Balaban J connectivity index is 1.91. The van der Waals surface area contributed by atoms with Crippen molar-refractivity contribution < 1.29 is 4.79 Å². The first-order valence-electron chi connectivity index (χ1n) is 5.03. The lowest BCUT2D eigenvalue weighted by atomic mass is 10.2. The highest BCUT2D eigenvalue weighted by molar-refractivity contribution is 8.14. The van der Waals surface area contributed by atoms with Crippen LogP contribution in [0.1, 0.15) is 10.4 Å². The van der Waals surface area contributed by atoms with Crippen LogP contribution in [-0.2, 0) is 0 Å². The summed E-state index contributed by atoms with van der Waals surface area (Å²) in [7, 11) is 0. The molecular formula is C11H12N2OS2. The first-order valence-corrected chi connectivity index (χ1v) is 6.32. The molecule has 1 aliphatic heterocycles. The number of nitrogens with one attached hydrogen (secondary N) is 2. The van der Waals surface area contributed by atoms with Crippen LogP contribution in [0.15, 0.2) is 30.3 Å². The predicted molar refractivity (Wildman–Crippen MR) is 70.8 cm³/mol. The minimum Gasteiger partial charge on any atom is -0.362 e. The van der Waals surface area contributed by atoms with E-state index in [-0.39, 0.29) is 10.4 Å². The van der Waals surface area contributed by atoms with Gasteiger partial charge in [-0.25, -0.2) is 0 Å². The molecule has 1 aromatic carbocycles. The van der Waals surface area contributed by atoms with E-state index in [0.29, 0.717) is 5.11 Å². The molecule has 0 saturated carbocycles. The Labute approximate surface area is 104 Å². The van der Waals surface area contributed by atoms with Crippen molar-refractivity contribution in [2.45, 2.75) is 5.25 Å². The minimum absolute atomic E-state index is 0.113. The third kappa shape index (κ3) is 2.96. The third-order valence-electron chi connectivity index (χ3n) is 2.26. The minimum atomic E-state index is 0.113. The first kappa shape index (κ1) is 11.4. The number of thioether (sulfide) groups is 1. The molecule has 0 atom stereocenters. The second kappa shape index (κ2) is 5.32. The maximum Gasteiger partial charge on any atom is 0.219 e. The van der Waals surface area contributed by atoms with Gasteiger partial charge in [-0.05, 0) is 12.2 Å². The zero-order valence-corrected chi connectivity index (χ0v) is 10.2. The van der Waals surface area contributed by atoms with E-state index in [1.165, 1.54) is 11.8 Å². The molecule has 2 rings (SSSR count). The molecule has 0 aromatic heterocycles. The fourth-order valence-corrected chi connectivity index (χ4v) is 2.50. The number of carbonyl (C=O) groups excluding carboxylic acids is 1. The molecule has 84 valence electrons. The van der Waals surface area contributed by atoms with Crippen LogP contribution in [0.4, 0.5) is 0 Å². The normalized spacial score (nSPS) is 16.4. The number of hydrogen-bond donors (Lipinski definition) is 2. The van der Waals surface area contributed by atoms with Gasteiger partial charge in [-0.2, -0.15) is 0 Å². The van der Waals surface area contributed by atoms with Crippen LogP contribution in [0, 0.1) is 0 Å². The summed E-state index contributed by atoms with van der Waals surface area (Å²) < 4.78 is 0. The van der Waals surface area contributed by atoms with Crippen molar-refractivity contribution in [3.8, 4) is 0 Å². The number of benzene rings is 1. The van der Waals surface area contributed by atoms with Crippen LogP contribution < -0.4 is 10.6 Å². The summed E-state index contributed by atoms with van der Waals surface area (Å²) in [6.07, 6.45) is 0. The maximum absolute atomic E-state index is 11.9. The van der Waals surface area contributed by atoms with Gasteiger partial charge in [0, 0.05) is 23.9 Å². The van der Waals surface area contributed by atoms with E-state index in [1.807, 2.05) is 30.3 Å². The summed E-state index contributed by atoms with van der Waals surface area (Å²) >= 11 is 6.30. The SMILES string of the molecule is O=C(SC1CNC(=S)NC1)c1ccccc1. The van der Waals surface area contributed by atoms with Crippen LogP contribution >= 0.6 is 24.0 Å². The highest BCUT2D eigenvalue weighted by Gasteiger charge is 2.19. The van der Waals surface area contributed by atoms with E-state index in [9.17, 15) is 4.79 Å². The molecule has 3 nitrogen and oxygen atoms in total. The van der Waals surface area contributed by atoms with Crippen LogP contribution in [0.3, 0.4) is 0 Å². The van der Waals surface area contributed by atoms with Gasteiger partial charge in [-0.1, -0.05) is 42.1 Å².